The standard InChI is InChI=1S/C6H13ClOS/c1-3-5-6(4-2)9(7)8/h6H,3-5H2,1-2H3. The van der Waals surface area contributed by atoms with E-state index in [1.165, 1.54) is 0 Å². The van der Waals surface area contributed by atoms with Gasteiger partial charge in [-0.05, 0) is 23.5 Å². The number of hydrogen-bond donors (Lipinski definition) is 0. The second-order valence-corrected chi connectivity index (χ2v) is 4.14. The van der Waals surface area contributed by atoms with Gasteiger partial charge < -0.3 is 0 Å². The molecule has 0 aliphatic rings. The van der Waals surface area contributed by atoms with Crippen LogP contribution in [-0.2, 0) is 10.0 Å². The second-order valence-electron chi connectivity index (χ2n) is 2.07. The fraction of sp³-hybridized carbons (Fsp3) is 1.00. The number of hydrogen-bond acceptors (Lipinski definition) is 1. The van der Waals surface area contributed by atoms with Gasteiger partial charge in [0.1, 0.15) is 10.0 Å². The largest absolute Gasteiger partial charge is 0.242 e. The first kappa shape index (κ1) is 9.44. The Kier molecular flexibility index (Phi) is 5.50. The maximum absolute atomic E-state index is 10.6. The maximum Gasteiger partial charge on any atom is 0.118 e. The van der Waals surface area contributed by atoms with Crippen LogP contribution in [-0.4, -0.2) is 9.46 Å². The van der Waals surface area contributed by atoms with Gasteiger partial charge >= 0.3 is 0 Å². The summed E-state index contributed by atoms with van der Waals surface area (Å²) in [7, 11) is 4.26. The summed E-state index contributed by atoms with van der Waals surface area (Å²) in [5.41, 5.74) is 0. The molecule has 0 radical (unpaired) electrons. The molecule has 0 heterocycles. The molecule has 0 spiro atoms. The van der Waals surface area contributed by atoms with Crippen LogP contribution in [0, 0.1) is 0 Å². The first-order chi connectivity index (χ1) is 4.22. The molecule has 0 amide bonds. The van der Waals surface area contributed by atoms with Gasteiger partial charge in [0, 0.05) is 5.25 Å². The minimum absolute atomic E-state index is 0.205. The Balaban J connectivity index is 3.54. The smallest absolute Gasteiger partial charge is 0.118 e. The van der Waals surface area contributed by atoms with Crippen LogP contribution in [0.1, 0.15) is 33.1 Å². The van der Waals surface area contributed by atoms with Gasteiger partial charge in [0.15, 0.2) is 0 Å². The maximum atomic E-state index is 10.6. The molecule has 9 heavy (non-hydrogen) atoms. The van der Waals surface area contributed by atoms with Gasteiger partial charge in [-0.1, -0.05) is 20.3 Å². The molecule has 0 aromatic rings. The molecule has 0 aromatic carbocycles. The molecule has 3 heteroatoms. The second kappa shape index (κ2) is 5.24. The van der Waals surface area contributed by atoms with Crippen LogP contribution in [0.5, 0.6) is 0 Å². The Hall–Kier alpha value is 0.440. The van der Waals surface area contributed by atoms with Gasteiger partial charge in [-0.15, -0.1) is 0 Å². The molecule has 0 rings (SSSR count). The van der Waals surface area contributed by atoms with Crippen molar-refractivity contribution in [1.29, 1.82) is 0 Å². The summed E-state index contributed by atoms with van der Waals surface area (Å²) in [6.45, 7) is 4.09. The molecule has 2 unspecified atom stereocenters. The minimum Gasteiger partial charge on any atom is -0.242 e. The van der Waals surface area contributed by atoms with Gasteiger partial charge in [0.05, 0.1) is 0 Å². The van der Waals surface area contributed by atoms with Crippen LogP contribution in [0.15, 0.2) is 0 Å². The monoisotopic (exact) mass is 168 g/mol. The van der Waals surface area contributed by atoms with Crippen molar-refractivity contribution in [3.05, 3.63) is 0 Å². The molecular weight excluding hydrogens is 156 g/mol. The van der Waals surface area contributed by atoms with E-state index in [2.05, 4.69) is 6.92 Å². The third-order valence-electron chi connectivity index (χ3n) is 1.33. The van der Waals surface area contributed by atoms with Crippen molar-refractivity contribution >= 4 is 20.7 Å². The van der Waals surface area contributed by atoms with Crippen LogP contribution in [0.2, 0.25) is 0 Å². The lowest BCUT2D eigenvalue weighted by molar-refractivity contribution is 0.653. The van der Waals surface area contributed by atoms with Crippen LogP contribution in [0.3, 0.4) is 0 Å². The van der Waals surface area contributed by atoms with Gasteiger partial charge in [-0.2, -0.15) is 0 Å². The lowest BCUT2D eigenvalue weighted by Gasteiger charge is -2.06. The Morgan fingerprint density at radius 1 is 1.56 bits per heavy atom. The van der Waals surface area contributed by atoms with Gasteiger partial charge in [0.25, 0.3) is 0 Å². The summed E-state index contributed by atoms with van der Waals surface area (Å²) in [6, 6.07) is 0. The first-order valence-electron chi connectivity index (χ1n) is 3.29. The summed E-state index contributed by atoms with van der Waals surface area (Å²) in [5.74, 6) is 0. The van der Waals surface area contributed by atoms with Crippen molar-refractivity contribution < 1.29 is 4.21 Å². The Morgan fingerprint density at radius 3 is 2.22 bits per heavy atom. The highest BCUT2D eigenvalue weighted by Crippen LogP contribution is 2.11. The summed E-state index contributed by atoms with van der Waals surface area (Å²) in [6.07, 6.45) is 2.97. The Labute approximate surface area is 63.7 Å². The quantitative estimate of drug-likeness (QED) is 0.590. The van der Waals surface area contributed by atoms with E-state index in [1.807, 2.05) is 6.92 Å². The molecule has 0 aromatic heterocycles. The molecule has 0 bridgehead atoms. The van der Waals surface area contributed by atoms with E-state index in [0.717, 1.165) is 19.3 Å². The predicted octanol–water partition coefficient (Wildman–Crippen LogP) is 2.47. The summed E-state index contributed by atoms with van der Waals surface area (Å²) < 4.78 is 10.6. The van der Waals surface area contributed by atoms with Crippen molar-refractivity contribution in [1.82, 2.24) is 0 Å². The van der Waals surface area contributed by atoms with E-state index in [9.17, 15) is 4.21 Å². The molecule has 0 saturated heterocycles. The zero-order chi connectivity index (χ0) is 7.28. The van der Waals surface area contributed by atoms with Crippen LogP contribution in [0.25, 0.3) is 0 Å². The molecule has 0 aliphatic heterocycles. The molecule has 0 N–H and O–H groups in total. The molecule has 0 aliphatic carbocycles. The minimum atomic E-state index is -1.13. The predicted molar refractivity (Wildman–Crippen MR) is 43.0 cm³/mol. The first-order valence-corrected chi connectivity index (χ1v) is 5.33. The average Bonchev–Trinajstić information content (AvgIpc) is 1.82. The van der Waals surface area contributed by atoms with E-state index in [1.54, 1.807) is 0 Å². The van der Waals surface area contributed by atoms with E-state index in [-0.39, 0.29) is 5.25 Å². The van der Waals surface area contributed by atoms with E-state index < -0.39 is 10.0 Å². The van der Waals surface area contributed by atoms with Crippen molar-refractivity contribution in [3.8, 4) is 0 Å². The van der Waals surface area contributed by atoms with Crippen molar-refractivity contribution in [2.24, 2.45) is 0 Å². The average molecular weight is 169 g/mol. The normalized spacial score (nSPS) is 17.2. The third-order valence-corrected chi connectivity index (χ3v) is 3.18. The zero-order valence-corrected chi connectivity index (χ0v) is 7.47. The van der Waals surface area contributed by atoms with Crippen LogP contribution in [0.4, 0.5) is 0 Å². The fourth-order valence-corrected chi connectivity index (χ4v) is 2.08. The highest BCUT2D eigenvalue weighted by atomic mass is 35.7. The summed E-state index contributed by atoms with van der Waals surface area (Å²) in [4.78, 5) is 0. The SMILES string of the molecule is CCCC(CC)S(=O)Cl. The highest BCUT2D eigenvalue weighted by Gasteiger charge is 2.09. The van der Waals surface area contributed by atoms with Crippen molar-refractivity contribution in [3.63, 3.8) is 0 Å². The van der Waals surface area contributed by atoms with Gasteiger partial charge in [-0.25, -0.2) is 4.21 Å². The van der Waals surface area contributed by atoms with Gasteiger partial charge in [-0.3, -0.25) is 0 Å². The fourth-order valence-electron chi connectivity index (χ4n) is 0.750. The summed E-state index contributed by atoms with van der Waals surface area (Å²) in [5, 5.41) is 0.205. The molecule has 0 saturated carbocycles. The highest BCUT2D eigenvalue weighted by molar-refractivity contribution is 8.08. The third kappa shape index (κ3) is 3.93. The van der Waals surface area contributed by atoms with E-state index in [4.69, 9.17) is 10.7 Å². The molecule has 56 valence electrons. The molecule has 0 fully saturated rings. The molecular formula is C6H13ClOS. The molecule has 1 nitrogen and oxygen atoms in total. The molecule has 2 atom stereocenters. The lowest BCUT2D eigenvalue weighted by Crippen LogP contribution is -2.07. The zero-order valence-electron chi connectivity index (χ0n) is 5.89. The van der Waals surface area contributed by atoms with E-state index >= 15 is 0 Å². The van der Waals surface area contributed by atoms with E-state index in [0.29, 0.717) is 0 Å². The topological polar surface area (TPSA) is 17.1 Å². The van der Waals surface area contributed by atoms with Crippen molar-refractivity contribution in [2.75, 3.05) is 0 Å². The Bertz CT molecular complexity index is 95.1. The van der Waals surface area contributed by atoms with Crippen LogP contribution < -0.4 is 0 Å². The Morgan fingerprint density at radius 2 is 2.11 bits per heavy atom. The van der Waals surface area contributed by atoms with Gasteiger partial charge in [0.2, 0.25) is 0 Å². The number of halogens is 1. The van der Waals surface area contributed by atoms with Crippen LogP contribution >= 0.6 is 10.7 Å². The van der Waals surface area contributed by atoms with Crippen molar-refractivity contribution in [2.45, 2.75) is 38.4 Å². The lowest BCUT2D eigenvalue weighted by atomic mass is 10.2. The summed E-state index contributed by atoms with van der Waals surface area (Å²) >= 11 is 0. The number of rotatable bonds is 4.